The van der Waals surface area contributed by atoms with Crippen LogP contribution in [0.1, 0.15) is 58.8 Å². The highest BCUT2D eigenvalue weighted by atomic mass is 17.2. The summed E-state index contributed by atoms with van der Waals surface area (Å²) in [7, 11) is 0. The van der Waals surface area contributed by atoms with Crippen LogP contribution in [-0.2, 0) is 19.4 Å². The fraction of sp³-hybridized carbons (Fsp3) is 0.875. The van der Waals surface area contributed by atoms with Crippen molar-refractivity contribution in [1.29, 1.82) is 0 Å². The lowest BCUT2D eigenvalue weighted by atomic mass is 9.69. The molecule has 2 fully saturated rings. The Labute approximate surface area is 125 Å². The van der Waals surface area contributed by atoms with Crippen molar-refractivity contribution >= 4 is 11.9 Å². The second-order valence-electron chi connectivity index (χ2n) is 6.74. The minimum absolute atomic E-state index is 0.0223. The minimum atomic E-state index is -0.909. The van der Waals surface area contributed by atoms with Crippen LogP contribution in [0.4, 0.5) is 0 Å². The predicted octanol–water partition coefficient (Wildman–Crippen LogP) is 3.18. The molecule has 120 valence electrons. The molecule has 5 heteroatoms. The van der Waals surface area contributed by atoms with E-state index in [1.165, 1.54) is 6.42 Å². The van der Waals surface area contributed by atoms with Gasteiger partial charge in [0, 0.05) is 0 Å². The number of carboxylic acids is 1. The Bertz CT molecular complexity index is 375. The Kier molecular flexibility index (Phi) is 5.62. The zero-order valence-corrected chi connectivity index (χ0v) is 12.9. The van der Waals surface area contributed by atoms with Gasteiger partial charge in [-0.25, -0.2) is 4.79 Å². The Morgan fingerprint density at radius 2 is 1.52 bits per heavy atom. The van der Waals surface area contributed by atoms with Crippen LogP contribution in [0.3, 0.4) is 0 Å². The zero-order valence-electron chi connectivity index (χ0n) is 12.9. The highest BCUT2D eigenvalue weighted by Crippen LogP contribution is 2.38. The van der Waals surface area contributed by atoms with Gasteiger partial charge in [-0.15, -0.1) is 0 Å². The van der Waals surface area contributed by atoms with Crippen molar-refractivity contribution in [2.45, 2.75) is 64.9 Å². The fourth-order valence-electron chi connectivity index (χ4n) is 3.47. The molecule has 0 aliphatic heterocycles. The van der Waals surface area contributed by atoms with E-state index >= 15 is 0 Å². The maximum absolute atomic E-state index is 12.2. The summed E-state index contributed by atoms with van der Waals surface area (Å²) in [6.07, 6.45) is 6.28. The van der Waals surface area contributed by atoms with Crippen molar-refractivity contribution in [2.75, 3.05) is 0 Å². The Balaban J connectivity index is 1.90. The molecule has 0 aromatic carbocycles. The first-order valence-electron chi connectivity index (χ1n) is 8.09. The molecule has 0 amide bonds. The smallest absolute Gasteiger partial charge is 0.346 e. The maximum atomic E-state index is 12.2. The highest BCUT2D eigenvalue weighted by Gasteiger charge is 2.42. The van der Waals surface area contributed by atoms with E-state index in [9.17, 15) is 14.7 Å². The molecule has 0 radical (unpaired) electrons. The molecule has 0 heterocycles. The number of hydrogen-bond donors (Lipinski definition) is 1. The SMILES string of the molecule is CC1CC(C(=O)O)C(C(=O)OOC2CCCCC2)CC1C. The van der Waals surface area contributed by atoms with Crippen LogP contribution in [0.15, 0.2) is 0 Å². The number of hydrogen-bond acceptors (Lipinski definition) is 4. The topological polar surface area (TPSA) is 72.8 Å². The molecule has 0 aromatic rings. The standard InChI is InChI=1S/C16H26O5/c1-10-8-13(15(17)18)14(9-11(10)2)16(19)21-20-12-6-4-3-5-7-12/h10-14H,3-9H2,1-2H3,(H,17,18). The Morgan fingerprint density at radius 1 is 0.952 bits per heavy atom. The molecular weight excluding hydrogens is 272 g/mol. The third-order valence-electron chi connectivity index (χ3n) is 5.15. The van der Waals surface area contributed by atoms with Crippen molar-refractivity contribution < 1.29 is 24.5 Å². The lowest BCUT2D eigenvalue weighted by Gasteiger charge is -2.35. The van der Waals surface area contributed by atoms with Gasteiger partial charge in [0.1, 0.15) is 6.10 Å². The van der Waals surface area contributed by atoms with Gasteiger partial charge in [0.25, 0.3) is 0 Å². The van der Waals surface area contributed by atoms with Crippen molar-refractivity contribution in [3.05, 3.63) is 0 Å². The third-order valence-corrected chi connectivity index (χ3v) is 5.15. The number of carbonyl (C=O) groups is 2. The zero-order chi connectivity index (χ0) is 15.4. The summed E-state index contributed by atoms with van der Waals surface area (Å²) in [4.78, 5) is 33.8. The van der Waals surface area contributed by atoms with Crippen molar-refractivity contribution in [1.82, 2.24) is 0 Å². The van der Waals surface area contributed by atoms with E-state index in [4.69, 9.17) is 9.78 Å². The van der Waals surface area contributed by atoms with Crippen LogP contribution in [0.5, 0.6) is 0 Å². The average Bonchev–Trinajstić information content (AvgIpc) is 2.48. The normalized spacial score (nSPS) is 34.4. The van der Waals surface area contributed by atoms with Gasteiger partial charge >= 0.3 is 11.9 Å². The van der Waals surface area contributed by atoms with Gasteiger partial charge in [0.05, 0.1) is 11.8 Å². The van der Waals surface area contributed by atoms with E-state index < -0.39 is 23.8 Å². The number of aliphatic carboxylic acids is 1. The molecule has 2 saturated carbocycles. The first kappa shape index (κ1) is 16.3. The summed E-state index contributed by atoms with van der Waals surface area (Å²) >= 11 is 0. The van der Waals surface area contributed by atoms with Crippen molar-refractivity contribution in [3.8, 4) is 0 Å². The van der Waals surface area contributed by atoms with Crippen LogP contribution in [-0.4, -0.2) is 23.1 Å². The minimum Gasteiger partial charge on any atom is -0.481 e. The molecule has 0 aromatic heterocycles. The first-order valence-corrected chi connectivity index (χ1v) is 8.09. The van der Waals surface area contributed by atoms with Gasteiger partial charge < -0.3 is 5.11 Å². The molecule has 5 nitrogen and oxygen atoms in total. The van der Waals surface area contributed by atoms with Gasteiger partial charge in [-0.2, -0.15) is 4.89 Å². The second-order valence-corrected chi connectivity index (χ2v) is 6.74. The van der Waals surface area contributed by atoms with Gasteiger partial charge in [-0.05, 0) is 37.5 Å². The summed E-state index contributed by atoms with van der Waals surface area (Å²) < 4.78 is 0. The fourth-order valence-corrected chi connectivity index (χ4v) is 3.47. The molecule has 2 aliphatic rings. The van der Waals surface area contributed by atoms with Gasteiger partial charge in [-0.1, -0.05) is 33.1 Å². The largest absolute Gasteiger partial charge is 0.481 e. The number of rotatable bonds is 4. The Morgan fingerprint density at radius 3 is 2.10 bits per heavy atom. The quantitative estimate of drug-likeness (QED) is 0.637. The van der Waals surface area contributed by atoms with E-state index in [2.05, 4.69) is 6.92 Å². The summed E-state index contributed by atoms with van der Waals surface area (Å²) in [6, 6.07) is 0. The van der Waals surface area contributed by atoms with Crippen LogP contribution in [0.25, 0.3) is 0 Å². The molecule has 0 saturated heterocycles. The number of carboxylic acid groups (broad SMARTS) is 1. The lowest BCUT2D eigenvalue weighted by Crippen LogP contribution is -2.39. The third kappa shape index (κ3) is 4.19. The molecule has 21 heavy (non-hydrogen) atoms. The van der Waals surface area contributed by atoms with Crippen LogP contribution >= 0.6 is 0 Å². The van der Waals surface area contributed by atoms with Crippen molar-refractivity contribution in [3.63, 3.8) is 0 Å². The lowest BCUT2D eigenvalue weighted by molar-refractivity contribution is -0.307. The van der Waals surface area contributed by atoms with E-state index in [1.807, 2.05) is 6.92 Å². The van der Waals surface area contributed by atoms with Gasteiger partial charge in [0.2, 0.25) is 0 Å². The number of carbonyl (C=O) groups excluding carboxylic acids is 1. The maximum Gasteiger partial charge on any atom is 0.346 e. The van der Waals surface area contributed by atoms with Gasteiger partial charge in [0.15, 0.2) is 0 Å². The van der Waals surface area contributed by atoms with E-state index in [0.29, 0.717) is 24.7 Å². The second kappa shape index (κ2) is 7.25. The molecule has 2 aliphatic carbocycles. The molecular formula is C16H26O5. The van der Waals surface area contributed by atoms with E-state index in [0.717, 1.165) is 25.7 Å². The van der Waals surface area contributed by atoms with Crippen LogP contribution in [0, 0.1) is 23.7 Å². The molecule has 0 bridgehead atoms. The monoisotopic (exact) mass is 298 g/mol. The summed E-state index contributed by atoms with van der Waals surface area (Å²) in [5.41, 5.74) is 0. The summed E-state index contributed by atoms with van der Waals surface area (Å²) in [6.45, 7) is 4.10. The first-order chi connectivity index (χ1) is 9.99. The Hall–Kier alpha value is -1.10. The molecule has 4 atom stereocenters. The molecule has 2 rings (SSSR count). The average molecular weight is 298 g/mol. The van der Waals surface area contributed by atoms with E-state index in [-0.39, 0.29) is 6.10 Å². The summed E-state index contributed by atoms with van der Waals surface area (Å²) in [5.74, 6) is -2.02. The molecule has 1 N–H and O–H groups in total. The molecule has 0 spiro atoms. The van der Waals surface area contributed by atoms with Crippen LogP contribution < -0.4 is 0 Å². The van der Waals surface area contributed by atoms with Gasteiger partial charge in [-0.3, -0.25) is 9.68 Å². The predicted molar refractivity (Wildman–Crippen MR) is 76.2 cm³/mol. The van der Waals surface area contributed by atoms with Crippen LogP contribution in [0.2, 0.25) is 0 Å². The summed E-state index contributed by atoms with van der Waals surface area (Å²) in [5, 5.41) is 9.33. The van der Waals surface area contributed by atoms with Crippen molar-refractivity contribution in [2.24, 2.45) is 23.7 Å². The van der Waals surface area contributed by atoms with E-state index in [1.54, 1.807) is 0 Å². The highest BCUT2D eigenvalue weighted by molar-refractivity contribution is 5.81. The molecule has 4 unspecified atom stereocenters.